The molecule has 2 rings (SSSR count). The number of methoxy groups -OCH3 is 1. The number of ether oxygens (including phenoxy) is 1. The molecule has 0 radical (unpaired) electrons. The minimum atomic E-state index is 0.141. The van der Waals surface area contributed by atoms with Crippen molar-refractivity contribution in [3.05, 3.63) is 12.4 Å². The van der Waals surface area contributed by atoms with Crippen LogP contribution < -0.4 is 10.1 Å². The summed E-state index contributed by atoms with van der Waals surface area (Å²) >= 11 is 0. The number of aromatic nitrogens is 2. The lowest BCUT2D eigenvalue weighted by atomic mass is 10.0. The van der Waals surface area contributed by atoms with Gasteiger partial charge in [-0.05, 0) is 19.3 Å². The van der Waals surface area contributed by atoms with Crippen LogP contribution in [0.15, 0.2) is 12.4 Å². The number of piperidine rings is 1. The Morgan fingerprint density at radius 2 is 2.21 bits per heavy atom. The molecule has 0 aromatic carbocycles. The van der Waals surface area contributed by atoms with Crippen LogP contribution in [0.4, 0.5) is 5.95 Å². The minimum absolute atomic E-state index is 0.141. The van der Waals surface area contributed by atoms with Gasteiger partial charge in [0.2, 0.25) is 11.9 Å². The molecule has 0 bridgehead atoms. The second-order valence-corrected chi connectivity index (χ2v) is 4.69. The Hall–Kier alpha value is -1.85. The summed E-state index contributed by atoms with van der Waals surface area (Å²) in [5.74, 6) is 1.34. The third-order valence-corrected chi connectivity index (χ3v) is 3.39. The zero-order valence-electron chi connectivity index (χ0n) is 11.4. The van der Waals surface area contributed by atoms with Crippen LogP contribution in [0, 0.1) is 0 Å². The van der Waals surface area contributed by atoms with Gasteiger partial charge in [0.05, 0.1) is 19.5 Å². The van der Waals surface area contributed by atoms with Gasteiger partial charge in [0, 0.05) is 26.1 Å². The van der Waals surface area contributed by atoms with Crippen molar-refractivity contribution >= 4 is 11.9 Å². The van der Waals surface area contributed by atoms with E-state index >= 15 is 0 Å². The van der Waals surface area contributed by atoms with E-state index in [1.807, 2.05) is 4.90 Å². The molecule has 0 spiro atoms. The normalized spacial score (nSPS) is 19.1. The van der Waals surface area contributed by atoms with Crippen LogP contribution in [0.2, 0.25) is 0 Å². The first-order valence-electron chi connectivity index (χ1n) is 6.58. The monoisotopic (exact) mass is 264 g/mol. The van der Waals surface area contributed by atoms with Crippen LogP contribution in [0.5, 0.6) is 5.75 Å². The third kappa shape index (κ3) is 3.56. The van der Waals surface area contributed by atoms with Crippen LogP contribution in [0.3, 0.4) is 0 Å². The van der Waals surface area contributed by atoms with E-state index in [9.17, 15) is 4.79 Å². The highest BCUT2D eigenvalue weighted by atomic mass is 16.5. The lowest BCUT2D eigenvalue weighted by Gasteiger charge is -2.35. The van der Waals surface area contributed by atoms with Gasteiger partial charge in [-0.15, -0.1) is 0 Å². The summed E-state index contributed by atoms with van der Waals surface area (Å²) in [6.07, 6.45) is 6.54. The molecule has 1 unspecified atom stereocenters. The van der Waals surface area contributed by atoms with Gasteiger partial charge < -0.3 is 15.0 Å². The molecule has 1 amide bonds. The van der Waals surface area contributed by atoms with E-state index in [0.29, 0.717) is 18.2 Å². The van der Waals surface area contributed by atoms with Gasteiger partial charge in [0.15, 0.2) is 5.75 Å². The van der Waals surface area contributed by atoms with E-state index in [-0.39, 0.29) is 11.9 Å². The molecule has 1 fully saturated rings. The Labute approximate surface area is 113 Å². The molecule has 1 aliphatic heterocycles. The predicted octanol–water partition coefficient (Wildman–Crippen LogP) is 1.30. The quantitative estimate of drug-likeness (QED) is 0.887. The number of rotatable bonds is 4. The molecule has 2 heterocycles. The smallest absolute Gasteiger partial charge is 0.222 e. The molecule has 0 aliphatic carbocycles. The lowest BCUT2D eigenvalue weighted by Crippen LogP contribution is -2.46. The molecule has 1 atom stereocenters. The molecule has 19 heavy (non-hydrogen) atoms. The van der Waals surface area contributed by atoms with Gasteiger partial charge in [-0.1, -0.05) is 0 Å². The van der Waals surface area contributed by atoms with Crippen LogP contribution in [-0.4, -0.2) is 47.0 Å². The first kappa shape index (κ1) is 13.6. The maximum Gasteiger partial charge on any atom is 0.222 e. The maximum atomic E-state index is 11.6. The Balaban J connectivity index is 1.90. The Morgan fingerprint density at radius 1 is 1.47 bits per heavy atom. The molecular weight excluding hydrogens is 244 g/mol. The van der Waals surface area contributed by atoms with Crippen LogP contribution in [0.1, 0.15) is 26.2 Å². The molecule has 1 aromatic heterocycles. The predicted molar refractivity (Wildman–Crippen MR) is 72.1 cm³/mol. The fraction of sp³-hybridized carbons (Fsp3) is 0.615. The zero-order chi connectivity index (χ0) is 13.7. The lowest BCUT2D eigenvalue weighted by molar-refractivity contribution is -0.132. The van der Waals surface area contributed by atoms with Crippen LogP contribution in [-0.2, 0) is 4.79 Å². The molecular formula is C13H20N4O2. The summed E-state index contributed by atoms with van der Waals surface area (Å²) in [6, 6.07) is 0.233. The molecule has 1 aliphatic rings. The molecule has 0 saturated carbocycles. The van der Waals surface area contributed by atoms with E-state index in [2.05, 4.69) is 15.3 Å². The van der Waals surface area contributed by atoms with Crippen molar-refractivity contribution in [2.45, 2.75) is 32.2 Å². The number of carbonyl (C=O) groups is 1. The first-order valence-corrected chi connectivity index (χ1v) is 6.58. The summed E-state index contributed by atoms with van der Waals surface area (Å²) in [5.41, 5.74) is 0. The van der Waals surface area contributed by atoms with Crippen molar-refractivity contribution in [1.29, 1.82) is 0 Å². The number of anilines is 1. The van der Waals surface area contributed by atoms with Gasteiger partial charge in [0.1, 0.15) is 0 Å². The fourth-order valence-electron chi connectivity index (χ4n) is 2.35. The van der Waals surface area contributed by atoms with Gasteiger partial charge in [0.25, 0.3) is 0 Å². The van der Waals surface area contributed by atoms with Gasteiger partial charge in [-0.3, -0.25) is 4.79 Å². The van der Waals surface area contributed by atoms with Crippen molar-refractivity contribution in [1.82, 2.24) is 14.9 Å². The van der Waals surface area contributed by atoms with Gasteiger partial charge in [-0.2, -0.15) is 0 Å². The second kappa shape index (κ2) is 6.36. The maximum absolute atomic E-state index is 11.6. The first-order chi connectivity index (χ1) is 9.20. The van der Waals surface area contributed by atoms with Crippen molar-refractivity contribution in [3.8, 4) is 5.75 Å². The average Bonchev–Trinajstić information content (AvgIpc) is 2.46. The standard InChI is InChI=1S/C13H20N4O2/c1-10(18)17-6-4-3-5-11(17)7-14-13-15-8-12(19-2)9-16-13/h8-9,11H,3-7H2,1-2H3,(H,14,15,16). The van der Waals surface area contributed by atoms with Crippen molar-refractivity contribution in [2.24, 2.45) is 0 Å². The number of nitrogens with zero attached hydrogens (tertiary/aromatic N) is 3. The van der Waals surface area contributed by atoms with E-state index in [1.54, 1.807) is 26.4 Å². The van der Waals surface area contributed by atoms with Crippen molar-refractivity contribution < 1.29 is 9.53 Å². The summed E-state index contributed by atoms with van der Waals surface area (Å²) < 4.78 is 5.01. The number of carbonyl (C=O) groups excluding carboxylic acids is 1. The van der Waals surface area contributed by atoms with E-state index in [1.165, 1.54) is 6.42 Å². The van der Waals surface area contributed by atoms with Crippen LogP contribution >= 0.6 is 0 Å². The van der Waals surface area contributed by atoms with Crippen LogP contribution in [0.25, 0.3) is 0 Å². The highest BCUT2D eigenvalue weighted by Crippen LogP contribution is 2.17. The number of hydrogen-bond acceptors (Lipinski definition) is 5. The highest BCUT2D eigenvalue weighted by Gasteiger charge is 2.24. The summed E-state index contributed by atoms with van der Waals surface area (Å²) in [4.78, 5) is 21.8. The topological polar surface area (TPSA) is 67.3 Å². The molecule has 1 saturated heterocycles. The number of likely N-dealkylation sites (tertiary alicyclic amines) is 1. The molecule has 104 valence electrons. The summed E-state index contributed by atoms with van der Waals surface area (Å²) in [5, 5.41) is 3.18. The molecule has 6 nitrogen and oxygen atoms in total. The Bertz CT molecular complexity index is 421. The zero-order valence-corrected chi connectivity index (χ0v) is 11.4. The van der Waals surface area contributed by atoms with Crippen molar-refractivity contribution in [2.75, 3.05) is 25.5 Å². The number of hydrogen-bond donors (Lipinski definition) is 1. The van der Waals surface area contributed by atoms with E-state index < -0.39 is 0 Å². The summed E-state index contributed by atoms with van der Waals surface area (Å²) in [7, 11) is 1.58. The molecule has 1 aromatic rings. The largest absolute Gasteiger partial charge is 0.494 e. The minimum Gasteiger partial charge on any atom is -0.494 e. The molecule has 1 N–H and O–H groups in total. The van der Waals surface area contributed by atoms with Gasteiger partial charge in [-0.25, -0.2) is 9.97 Å². The van der Waals surface area contributed by atoms with Crippen molar-refractivity contribution in [3.63, 3.8) is 0 Å². The van der Waals surface area contributed by atoms with E-state index in [4.69, 9.17) is 4.74 Å². The Morgan fingerprint density at radius 3 is 2.84 bits per heavy atom. The molecule has 6 heteroatoms. The Kier molecular flexibility index (Phi) is 4.54. The average molecular weight is 264 g/mol. The fourth-order valence-corrected chi connectivity index (χ4v) is 2.35. The SMILES string of the molecule is COc1cnc(NCC2CCCCN2C(C)=O)nc1. The van der Waals surface area contributed by atoms with Gasteiger partial charge >= 0.3 is 0 Å². The third-order valence-electron chi connectivity index (χ3n) is 3.39. The highest BCUT2D eigenvalue weighted by molar-refractivity contribution is 5.73. The number of nitrogens with one attached hydrogen (secondary N) is 1. The number of amides is 1. The second-order valence-electron chi connectivity index (χ2n) is 4.69. The summed E-state index contributed by atoms with van der Waals surface area (Å²) in [6.45, 7) is 3.17. The van der Waals surface area contributed by atoms with E-state index in [0.717, 1.165) is 19.4 Å².